The van der Waals surface area contributed by atoms with Crippen LogP contribution in [0.25, 0.3) is 0 Å². The molecule has 6 nitrogen and oxygen atoms in total. The van der Waals surface area contributed by atoms with E-state index in [-0.39, 0.29) is 25.3 Å². The van der Waals surface area contributed by atoms with Crippen molar-refractivity contribution in [1.82, 2.24) is 0 Å². The quantitative estimate of drug-likeness (QED) is 0.622. The van der Waals surface area contributed by atoms with Gasteiger partial charge in [-0.25, -0.2) is 0 Å². The van der Waals surface area contributed by atoms with Gasteiger partial charge in [0.15, 0.2) is 0 Å². The minimum Gasteiger partial charge on any atom is -0.460 e. The first-order valence-corrected chi connectivity index (χ1v) is 6.00. The highest BCUT2D eigenvalue weighted by Gasteiger charge is 2.03. The topological polar surface area (TPSA) is 96.2 Å². The number of hydrogen-bond donors (Lipinski definition) is 3. The predicted octanol–water partition coefficient (Wildman–Crippen LogP) is 0.333. The molecule has 0 aromatic heterocycles. The van der Waals surface area contributed by atoms with Crippen LogP contribution in [0.3, 0.4) is 0 Å². The number of carbonyl (C=O) groups excluding carboxylic acids is 1. The maximum Gasteiger partial charge on any atom is 0.302 e. The molecule has 0 saturated carbocycles. The Labute approximate surface area is 110 Å². The molecule has 6 heteroatoms. The third-order valence-electron chi connectivity index (χ3n) is 1.19. The van der Waals surface area contributed by atoms with Crippen LogP contribution in [-0.4, -0.2) is 59.9 Å². The second-order valence-electron chi connectivity index (χ2n) is 3.43. The van der Waals surface area contributed by atoms with E-state index in [9.17, 15) is 4.79 Å². The van der Waals surface area contributed by atoms with Gasteiger partial charge in [0.2, 0.25) is 0 Å². The molecule has 0 saturated heterocycles. The Bertz CT molecular complexity index is 161. The lowest BCUT2D eigenvalue weighted by molar-refractivity contribution is -0.148. The highest BCUT2D eigenvalue weighted by molar-refractivity contribution is 5.66. The molecule has 0 amide bonds. The van der Waals surface area contributed by atoms with Gasteiger partial charge in [-0.05, 0) is 27.7 Å². The molecular formula is C12H28O6. The SMILES string of the molecule is CC(O)CO.CCO.CCOCC(C)OC(C)=O. The van der Waals surface area contributed by atoms with E-state index < -0.39 is 6.10 Å². The predicted molar refractivity (Wildman–Crippen MR) is 69.2 cm³/mol. The molecule has 3 N–H and O–H groups in total. The van der Waals surface area contributed by atoms with Crippen LogP contribution in [0.4, 0.5) is 0 Å². The Morgan fingerprint density at radius 1 is 1.22 bits per heavy atom. The minimum atomic E-state index is -0.560. The lowest BCUT2D eigenvalue weighted by Crippen LogP contribution is -2.18. The lowest BCUT2D eigenvalue weighted by atomic mass is 10.4. The molecule has 0 aliphatic rings. The van der Waals surface area contributed by atoms with Crippen molar-refractivity contribution in [3.63, 3.8) is 0 Å². The Balaban J connectivity index is -0.000000235. The second-order valence-corrected chi connectivity index (χ2v) is 3.43. The van der Waals surface area contributed by atoms with Gasteiger partial charge >= 0.3 is 5.97 Å². The van der Waals surface area contributed by atoms with Gasteiger partial charge in [0.05, 0.1) is 19.3 Å². The van der Waals surface area contributed by atoms with Crippen LogP contribution >= 0.6 is 0 Å². The van der Waals surface area contributed by atoms with Crippen LogP contribution < -0.4 is 0 Å². The van der Waals surface area contributed by atoms with Crippen LogP contribution in [0.2, 0.25) is 0 Å². The summed E-state index contributed by atoms with van der Waals surface area (Å²) in [6, 6.07) is 0. The van der Waals surface area contributed by atoms with Crippen LogP contribution in [0.5, 0.6) is 0 Å². The monoisotopic (exact) mass is 268 g/mol. The van der Waals surface area contributed by atoms with Gasteiger partial charge in [-0.3, -0.25) is 4.79 Å². The number of hydrogen-bond acceptors (Lipinski definition) is 6. The summed E-state index contributed by atoms with van der Waals surface area (Å²) in [7, 11) is 0. The molecule has 0 aromatic rings. The summed E-state index contributed by atoms with van der Waals surface area (Å²) < 4.78 is 9.81. The highest BCUT2D eigenvalue weighted by Crippen LogP contribution is 1.91. The van der Waals surface area contributed by atoms with Gasteiger partial charge in [0.1, 0.15) is 6.10 Å². The van der Waals surface area contributed by atoms with Crippen molar-refractivity contribution in [2.75, 3.05) is 26.4 Å². The number of ether oxygens (including phenoxy) is 2. The average Bonchev–Trinajstić information content (AvgIpc) is 2.27. The van der Waals surface area contributed by atoms with E-state index in [2.05, 4.69) is 0 Å². The van der Waals surface area contributed by atoms with E-state index in [0.29, 0.717) is 13.2 Å². The van der Waals surface area contributed by atoms with Crippen LogP contribution in [0.15, 0.2) is 0 Å². The van der Waals surface area contributed by atoms with E-state index in [1.54, 1.807) is 13.8 Å². The largest absolute Gasteiger partial charge is 0.460 e. The molecule has 0 spiro atoms. The van der Waals surface area contributed by atoms with Crippen molar-refractivity contribution < 1.29 is 29.6 Å². The Kier molecular flexibility index (Phi) is 23.3. The maximum absolute atomic E-state index is 10.3. The summed E-state index contributed by atoms with van der Waals surface area (Å²) in [5.74, 6) is -0.257. The zero-order valence-electron chi connectivity index (χ0n) is 12.0. The fourth-order valence-electron chi connectivity index (χ4n) is 0.601. The van der Waals surface area contributed by atoms with Crippen molar-refractivity contribution in [1.29, 1.82) is 0 Å². The summed E-state index contributed by atoms with van der Waals surface area (Å²) in [4.78, 5) is 10.3. The first kappa shape index (κ1) is 22.5. The van der Waals surface area contributed by atoms with E-state index in [0.717, 1.165) is 0 Å². The summed E-state index contributed by atoms with van der Waals surface area (Å²) in [5, 5.41) is 23.6. The summed E-state index contributed by atoms with van der Waals surface area (Å²) >= 11 is 0. The van der Waals surface area contributed by atoms with Gasteiger partial charge in [0, 0.05) is 20.1 Å². The maximum atomic E-state index is 10.3. The van der Waals surface area contributed by atoms with E-state index in [1.807, 2.05) is 6.92 Å². The average molecular weight is 268 g/mol. The van der Waals surface area contributed by atoms with Crippen LogP contribution in [-0.2, 0) is 14.3 Å². The number of carbonyl (C=O) groups is 1. The molecule has 0 rings (SSSR count). The van der Waals surface area contributed by atoms with Gasteiger partial charge in [0.25, 0.3) is 0 Å². The molecule has 0 radical (unpaired) electrons. The summed E-state index contributed by atoms with van der Waals surface area (Å²) in [6.07, 6.45) is -0.688. The van der Waals surface area contributed by atoms with Crippen molar-refractivity contribution >= 4 is 5.97 Å². The fourth-order valence-corrected chi connectivity index (χ4v) is 0.601. The Morgan fingerprint density at radius 2 is 1.61 bits per heavy atom. The molecule has 0 heterocycles. The zero-order chi connectivity index (χ0) is 15.0. The van der Waals surface area contributed by atoms with E-state index >= 15 is 0 Å². The molecule has 0 aliphatic heterocycles. The number of esters is 1. The van der Waals surface area contributed by atoms with Crippen LogP contribution in [0, 0.1) is 0 Å². The van der Waals surface area contributed by atoms with E-state index in [4.69, 9.17) is 24.8 Å². The van der Waals surface area contributed by atoms with Gasteiger partial charge in [-0.15, -0.1) is 0 Å². The van der Waals surface area contributed by atoms with Crippen molar-refractivity contribution in [3.8, 4) is 0 Å². The molecule has 2 unspecified atom stereocenters. The molecule has 0 fully saturated rings. The Morgan fingerprint density at radius 3 is 1.83 bits per heavy atom. The van der Waals surface area contributed by atoms with Gasteiger partial charge in [-0.1, -0.05) is 0 Å². The lowest BCUT2D eigenvalue weighted by Gasteiger charge is -2.10. The molecule has 112 valence electrons. The first-order chi connectivity index (χ1) is 8.35. The number of rotatable bonds is 5. The van der Waals surface area contributed by atoms with E-state index in [1.165, 1.54) is 13.8 Å². The molecule has 18 heavy (non-hydrogen) atoms. The third kappa shape index (κ3) is 36.2. The summed E-state index contributed by atoms with van der Waals surface area (Å²) in [6.45, 7) is 9.56. The molecule has 0 bridgehead atoms. The first-order valence-electron chi connectivity index (χ1n) is 6.00. The number of aliphatic hydroxyl groups excluding tert-OH is 3. The second kappa shape index (κ2) is 18.7. The zero-order valence-corrected chi connectivity index (χ0v) is 12.0. The highest BCUT2D eigenvalue weighted by atomic mass is 16.6. The Hall–Kier alpha value is -0.690. The molecular weight excluding hydrogens is 240 g/mol. The molecule has 0 aromatic carbocycles. The molecule has 2 atom stereocenters. The standard InChI is InChI=1S/C7H14O3.C3H8O2.C2H6O/c1-4-9-5-6(2)10-7(3)8;1-3(5)2-4;1-2-3/h6H,4-5H2,1-3H3;3-5H,2H2,1H3;3H,2H2,1H3. The summed E-state index contributed by atoms with van der Waals surface area (Å²) in [5.41, 5.74) is 0. The third-order valence-corrected chi connectivity index (χ3v) is 1.19. The van der Waals surface area contributed by atoms with Crippen molar-refractivity contribution in [2.45, 2.75) is 46.8 Å². The number of aliphatic hydroxyl groups is 3. The van der Waals surface area contributed by atoms with Crippen molar-refractivity contribution in [2.24, 2.45) is 0 Å². The van der Waals surface area contributed by atoms with Crippen LogP contribution in [0.1, 0.15) is 34.6 Å². The minimum absolute atomic E-state index is 0.127. The van der Waals surface area contributed by atoms with Gasteiger partial charge in [-0.2, -0.15) is 0 Å². The normalized spacial score (nSPS) is 12.2. The fraction of sp³-hybridized carbons (Fsp3) is 0.917. The molecule has 0 aliphatic carbocycles. The van der Waals surface area contributed by atoms with Crippen molar-refractivity contribution in [3.05, 3.63) is 0 Å². The van der Waals surface area contributed by atoms with Gasteiger partial charge < -0.3 is 24.8 Å². The smallest absolute Gasteiger partial charge is 0.302 e.